The topological polar surface area (TPSA) is 29.0 Å². The Hall–Kier alpha value is -2.50. The molecule has 0 bridgehead atoms. The number of para-hydroxylation sites is 1. The smallest absolute Gasteiger partial charge is 0.175 e. The second-order valence-electron chi connectivity index (χ2n) is 6.30. The van der Waals surface area contributed by atoms with E-state index in [1.54, 1.807) is 11.8 Å². The third-order valence-corrected chi connectivity index (χ3v) is 5.60. The third kappa shape index (κ3) is 3.53. The molecular formula is C22H21N3S2. The van der Waals surface area contributed by atoms with Crippen molar-refractivity contribution < 1.29 is 0 Å². The number of anilines is 2. The minimum atomic E-state index is 0.590. The molecule has 5 heteroatoms. The van der Waals surface area contributed by atoms with Crippen LogP contribution in [0.15, 0.2) is 71.6 Å². The van der Waals surface area contributed by atoms with Crippen molar-refractivity contribution in [1.29, 1.82) is 0 Å². The Labute approximate surface area is 168 Å². The van der Waals surface area contributed by atoms with Gasteiger partial charge in [0.05, 0.1) is 0 Å². The van der Waals surface area contributed by atoms with Gasteiger partial charge in [-0.05, 0) is 67.9 Å². The minimum absolute atomic E-state index is 0.590. The molecule has 0 fully saturated rings. The Kier molecular flexibility index (Phi) is 5.05. The van der Waals surface area contributed by atoms with Gasteiger partial charge >= 0.3 is 0 Å². The van der Waals surface area contributed by atoms with Crippen LogP contribution in [0.25, 0.3) is 21.8 Å². The lowest BCUT2D eigenvalue weighted by atomic mass is 10.1. The summed E-state index contributed by atoms with van der Waals surface area (Å²) in [6.07, 6.45) is 2.07. The number of thiocarbonyl (C=S) groups is 1. The van der Waals surface area contributed by atoms with E-state index in [1.807, 2.05) is 12.1 Å². The lowest BCUT2D eigenvalue weighted by molar-refractivity contribution is 0.827. The maximum atomic E-state index is 5.51. The van der Waals surface area contributed by atoms with Gasteiger partial charge in [0.2, 0.25) is 0 Å². The number of thioether (sulfide) groups is 1. The fourth-order valence-electron chi connectivity index (χ4n) is 3.47. The van der Waals surface area contributed by atoms with Crippen molar-refractivity contribution in [1.82, 2.24) is 4.57 Å². The van der Waals surface area contributed by atoms with Crippen molar-refractivity contribution in [2.75, 3.05) is 16.9 Å². The fraction of sp³-hybridized carbons (Fsp3) is 0.136. The van der Waals surface area contributed by atoms with Crippen molar-refractivity contribution in [3.05, 3.63) is 66.7 Å². The predicted octanol–water partition coefficient (Wildman–Crippen LogP) is 6.35. The van der Waals surface area contributed by atoms with E-state index in [0.29, 0.717) is 5.11 Å². The average Bonchev–Trinajstić information content (AvgIpc) is 3.01. The number of hydrogen-bond acceptors (Lipinski definition) is 2. The van der Waals surface area contributed by atoms with E-state index in [2.05, 4.69) is 83.0 Å². The maximum absolute atomic E-state index is 5.51. The van der Waals surface area contributed by atoms with Gasteiger partial charge in [0.15, 0.2) is 5.11 Å². The Morgan fingerprint density at radius 3 is 2.41 bits per heavy atom. The number of benzene rings is 3. The normalized spacial score (nSPS) is 11.0. The molecule has 27 heavy (non-hydrogen) atoms. The zero-order valence-corrected chi connectivity index (χ0v) is 17.0. The first-order valence-corrected chi connectivity index (χ1v) is 10.6. The van der Waals surface area contributed by atoms with Crippen molar-refractivity contribution in [3.63, 3.8) is 0 Å². The van der Waals surface area contributed by atoms with Crippen LogP contribution in [0, 0.1) is 0 Å². The van der Waals surface area contributed by atoms with Crippen LogP contribution >= 0.6 is 24.0 Å². The highest BCUT2D eigenvalue weighted by atomic mass is 32.2. The van der Waals surface area contributed by atoms with Gasteiger partial charge in [-0.3, -0.25) is 0 Å². The van der Waals surface area contributed by atoms with Crippen LogP contribution in [-0.2, 0) is 6.54 Å². The Bertz CT molecular complexity index is 1130. The van der Waals surface area contributed by atoms with E-state index >= 15 is 0 Å². The molecule has 4 rings (SSSR count). The quantitative estimate of drug-likeness (QED) is 0.313. The summed E-state index contributed by atoms with van der Waals surface area (Å²) in [6.45, 7) is 3.13. The highest BCUT2D eigenvalue weighted by Gasteiger charge is 2.10. The van der Waals surface area contributed by atoms with Crippen molar-refractivity contribution in [2.45, 2.75) is 18.4 Å². The minimum Gasteiger partial charge on any atom is -0.341 e. The van der Waals surface area contributed by atoms with Gasteiger partial charge in [0.25, 0.3) is 0 Å². The molecule has 0 saturated carbocycles. The van der Waals surface area contributed by atoms with E-state index in [1.165, 1.54) is 26.7 Å². The third-order valence-electron chi connectivity index (χ3n) is 4.67. The summed E-state index contributed by atoms with van der Waals surface area (Å²) in [7, 11) is 0. The molecular weight excluding hydrogens is 370 g/mol. The van der Waals surface area contributed by atoms with Gasteiger partial charge in [-0.25, -0.2) is 0 Å². The first-order chi connectivity index (χ1) is 13.2. The molecule has 2 N–H and O–H groups in total. The van der Waals surface area contributed by atoms with Crippen LogP contribution in [0.5, 0.6) is 0 Å². The van der Waals surface area contributed by atoms with Gasteiger partial charge in [0, 0.05) is 44.6 Å². The number of fused-ring (bicyclic) bond motifs is 3. The summed E-state index contributed by atoms with van der Waals surface area (Å²) >= 11 is 7.22. The van der Waals surface area contributed by atoms with Crippen LogP contribution in [-0.4, -0.2) is 15.9 Å². The molecule has 4 aromatic rings. The molecule has 3 aromatic carbocycles. The average molecular weight is 392 g/mol. The molecule has 0 aliphatic rings. The molecule has 0 spiro atoms. The summed E-state index contributed by atoms with van der Waals surface area (Å²) in [6, 6.07) is 23.2. The molecule has 0 aliphatic heterocycles. The monoisotopic (exact) mass is 391 g/mol. The van der Waals surface area contributed by atoms with Crippen molar-refractivity contribution in [3.8, 4) is 0 Å². The largest absolute Gasteiger partial charge is 0.341 e. The van der Waals surface area contributed by atoms with Crippen LogP contribution in [0.1, 0.15) is 6.92 Å². The van der Waals surface area contributed by atoms with Crippen molar-refractivity contribution >= 4 is 62.3 Å². The summed E-state index contributed by atoms with van der Waals surface area (Å²) in [5, 5.41) is 9.68. The number of aromatic nitrogens is 1. The molecule has 0 unspecified atom stereocenters. The van der Waals surface area contributed by atoms with Crippen LogP contribution < -0.4 is 10.6 Å². The molecule has 0 amide bonds. The lowest BCUT2D eigenvalue weighted by Crippen LogP contribution is -2.18. The van der Waals surface area contributed by atoms with Gasteiger partial charge in [-0.15, -0.1) is 11.8 Å². The lowest BCUT2D eigenvalue weighted by Gasteiger charge is -2.12. The summed E-state index contributed by atoms with van der Waals surface area (Å²) < 4.78 is 2.35. The molecule has 0 aliphatic carbocycles. The summed E-state index contributed by atoms with van der Waals surface area (Å²) in [5.74, 6) is 0. The zero-order valence-electron chi connectivity index (χ0n) is 15.3. The molecule has 1 aromatic heterocycles. The summed E-state index contributed by atoms with van der Waals surface area (Å²) in [5.41, 5.74) is 4.49. The standard InChI is InChI=1S/C22H21N3S2/c1-3-25-20-10-5-4-9-18(20)19-14-16(11-12-21(19)25)24-22(26)23-15-7-6-8-17(13-15)27-2/h4-14H,3H2,1-2H3,(H2,23,24,26). The highest BCUT2D eigenvalue weighted by Crippen LogP contribution is 2.31. The summed E-state index contributed by atoms with van der Waals surface area (Å²) in [4.78, 5) is 1.21. The Balaban J connectivity index is 1.62. The molecule has 136 valence electrons. The highest BCUT2D eigenvalue weighted by molar-refractivity contribution is 7.98. The van der Waals surface area contributed by atoms with Gasteiger partial charge in [0.1, 0.15) is 0 Å². The fourth-order valence-corrected chi connectivity index (χ4v) is 4.16. The Morgan fingerprint density at radius 1 is 0.889 bits per heavy atom. The first-order valence-electron chi connectivity index (χ1n) is 8.92. The van der Waals surface area contributed by atoms with E-state index in [9.17, 15) is 0 Å². The van der Waals surface area contributed by atoms with Gasteiger partial charge < -0.3 is 15.2 Å². The van der Waals surface area contributed by atoms with Crippen LogP contribution in [0.3, 0.4) is 0 Å². The van der Waals surface area contributed by atoms with Crippen LogP contribution in [0.2, 0.25) is 0 Å². The zero-order chi connectivity index (χ0) is 18.8. The van der Waals surface area contributed by atoms with E-state index in [4.69, 9.17) is 12.2 Å². The molecule has 3 nitrogen and oxygen atoms in total. The first kappa shape index (κ1) is 17.9. The molecule has 0 atom stereocenters. The van der Waals surface area contributed by atoms with Crippen molar-refractivity contribution in [2.24, 2.45) is 0 Å². The van der Waals surface area contributed by atoms with Gasteiger partial charge in [-0.2, -0.15) is 0 Å². The van der Waals surface area contributed by atoms with E-state index in [0.717, 1.165) is 17.9 Å². The molecule has 0 saturated heterocycles. The molecule has 1 heterocycles. The second kappa shape index (κ2) is 7.62. The number of aryl methyl sites for hydroxylation is 1. The maximum Gasteiger partial charge on any atom is 0.175 e. The molecule has 0 radical (unpaired) electrons. The number of rotatable bonds is 4. The predicted molar refractivity (Wildman–Crippen MR) is 123 cm³/mol. The Morgan fingerprint density at radius 2 is 1.63 bits per heavy atom. The SMILES string of the molecule is CCn1c2ccccc2c2cc(NC(=S)Nc3cccc(SC)c3)ccc21. The van der Waals surface area contributed by atoms with Crippen LogP contribution in [0.4, 0.5) is 11.4 Å². The van der Waals surface area contributed by atoms with E-state index in [-0.39, 0.29) is 0 Å². The number of hydrogen-bond donors (Lipinski definition) is 2. The van der Waals surface area contributed by atoms with E-state index < -0.39 is 0 Å². The van der Waals surface area contributed by atoms with Gasteiger partial charge in [-0.1, -0.05) is 24.3 Å². The number of nitrogens with zero attached hydrogens (tertiary/aromatic N) is 1. The number of nitrogens with one attached hydrogen (secondary N) is 2. The second-order valence-corrected chi connectivity index (χ2v) is 7.59.